The molecule has 1 rings (SSSR count). The van der Waals surface area contributed by atoms with Crippen molar-refractivity contribution in [3.05, 3.63) is 35.4 Å². The Hall–Kier alpha value is -1.29. The molecule has 0 aliphatic carbocycles. The van der Waals surface area contributed by atoms with Crippen LogP contribution in [0.4, 0.5) is 8.78 Å². The van der Waals surface area contributed by atoms with Crippen molar-refractivity contribution in [2.75, 3.05) is 0 Å². The lowest BCUT2D eigenvalue weighted by molar-refractivity contribution is -0.123. The van der Waals surface area contributed by atoms with Gasteiger partial charge in [0.1, 0.15) is 0 Å². The van der Waals surface area contributed by atoms with Crippen LogP contribution in [0.3, 0.4) is 0 Å². The molecule has 0 aliphatic heterocycles. The van der Waals surface area contributed by atoms with Crippen molar-refractivity contribution in [2.45, 2.75) is 38.6 Å². The Morgan fingerprint density at radius 1 is 1.41 bits per heavy atom. The summed E-state index contributed by atoms with van der Waals surface area (Å²) in [7, 11) is 0. The normalized spacial score (nSPS) is 14.4. The van der Waals surface area contributed by atoms with Crippen molar-refractivity contribution >= 4 is 5.78 Å². The number of hydrogen-bond acceptors (Lipinski definition) is 2. The highest BCUT2D eigenvalue weighted by atomic mass is 19.2. The second kappa shape index (κ2) is 5.36. The zero-order valence-corrected chi connectivity index (χ0v) is 10.1. The minimum Gasteiger partial charge on any atom is -0.319 e. The van der Waals surface area contributed by atoms with Crippen LogP contribution < -0.4 is 5.73 Å². The lowest BCUT2D eigenvalue weighted by atomic mass is 9.88. The van der Waals surface area contributed by atoms with Crippen molar-refractivity contribution in [3.8, 4) is 0 Å². The van der Waals surface area contributed by atoms with E-state index in [1.807, 2.05) is 6.92 Å². The van der Waals surface area contributed by atoms with Gasteiger partial charge in [-0.1, -0.05) is 25.5 Å². The maximum absolute atomic E-state index is 13.4. The standard InChI is InChI=1S/C13H17F2NO/c1-3-7-13(2,16)11(17)8-9-5-4-6-10(14)12(9)15/h4-6H,3,7-8,16H2,1-2H3. The van der Waals surface area contributed by atoms with Crippen LogP contribution in [0.1, 0.15) is 32.3 Å². The smallest absolute Gasteiger partial charge is 0.162 e. The fourth-order valence-electron chi connectivity index (χ4n) is 1.72. The van der Waals surface area contributed by atoms with Gasteiger partial charge in [-0.05, 0) is 25.0 Å². The SMILES string of the molecule is CCCC(C)(N)C(=O)Cc1cccc(F)c1F. The van der Waals surface area contributed by atoms with Crippen LogP contribution in [0.5, 0.6) is 0 Å². The molecule has 0 bridgehead atoms. The predicted octanol–water partition coefficient (Wildman–Crippen LogP) is 2.59. The highest BCUT2D eigenvalue weighted by molar-refractivity contribution is 5.89. The Balaban J connectivity index is 2.85. The van der Waals surface area contributed by atoms with Crippen LogP contribution in [-0.4, -0.2) is 11.3 Å². The quantitative estimate of drug-likeness (QED) is 0.861. The lowest BCUT2D eigenvalue weighted by Crippen LogP contribution is -2.45. The van der Waals surface area contributed by atoms with Crippen LogP contribution in [-0.2, 0) is 11.2 Å². The molecule has 1 unspecified atom stereocenters. The Morgan fingerprint density at radius 2 is 2.06 bits per heavy atom. The fraction of sp³-hybridized carbons (Fsp3) is 0.462. The maximum atomic E-state index is 13.4. The highest BCUT2D eigenvalue weighted by Gasteiger charge is 2.27. The van der Waals surface area contributed by atoms with Crippen molar-refractivity contribution < 1.29 is 13.6 Å². The Bertz CT molecular complexity index is 416. The number of Topliss-reactive ketones (excluding diaryl/α,β-unsaturated/α-hetero) is 1. The first-order valence-corrected chi connectivity index (χ1v) is 5.63. The van der Waals surface area contributed by atoms with Crippen LogP contribution in [0.15, 0.2) is 18.2 Å². The van der Waals surface area contributed by atoms with E-state index >= 15 is 0 Å². The summed E-state index contributed by atoms with van der Waals surface area (Å²) in [5.74, 6) is -2.18. The van der Waals surface area contributed by atoms with Crippen molar-refractivity contribution in [1.29, 1.82) is 0 Å². The van der Waals surface area contributed by atoms with Gasteiger partial charge < -0.3 is 5.73 Å². The monoisotopic (exact) mass is 241 g/mol. The van der Waals surface area contributed by atoms with E-state index in [2.05, 4.69) is 0 Å². The molecule has 94 valence electrons. The molecule has 17 heavy (non-hydrogen) atoms. The van der Waals surface area contributed by atoms with Crippen molar-refractivity contribution in [3.63, 3.8) is 0 Å². The zero-order valence-electron chi connectivity index (χ0n) is 10.1. The maximum Gasteiger partial charge on any atom is 0.162 e. The van der Waals surface area contributed by atoms with Gasteiger partial charge in [-0.3, -0.25) is 4.79 Å². The summed E-state index contributed by atoms with van der Waals surface area (Å²) >= 11 is 0. The van der Waals surface area contributed by atoms with E-state index in [9.17, 15) is 13.6 Å². The third-order valence-corrected chi connectivity index (χ3v) is 2.79. The van der Waals surface area contributed by atoms with Gasteiger partial charge in [0.05, 0.1) is 5.54 Å². The molecule has 0 heterocycles. The van der Waals surface area contributed by atoms with Crippen LogP contribution in [0.2, 0.25) is 0 Å². The molecule has 0 aromatic heterocycles. The summed E-state index contributed by atoms with van der Waals surface area (Å²) in [6.45, 7) is 3.54. The average molecular weight is 241 g/mol. The Morgan fingerprint density at radius 3 is 2.65 bits per heavy atom. The van der Waals surface area contributed by atoms with Crippen LogP contribution >= 0.6 is 0 Å². The van der Waals surface area contributed by atoms with Gasteiger partial charge in [0.2, 0.25) is 0 Å². The number of halogens is 2. The molecular weight excluding hydrogens is 224 g/mol. The molecule has 2 nitrogen and oxygen atoms in total. The number of carbonyl (C=O) groups excluding carboxylic acids is 1. The molecule has 0 radical (unpaired) electrons. The number of nitrogens with two attached hydrogens (primary N) is 1. The van der Waals surface area contributed by atoms with E-state index in [1.165, 1.54) is 12.1 Å². The first-order valence-electron chi connectivity index (χ1n) is 5.63. The number of hydrogen-bond donors (Lipinski definition) is 1. The minimum absolute atomic E-state index is 0.0581. The first-order chi connectivity index (χ1) is 7.88. The van der Waals surface area contributed by atoms with Crippen molar-refractivity contribution in [2.24, 2.45) is 5.73 Å². The summed E-state index contributed by atoms with van der Waals surface area (Å²) < 4.78 is 26.3. The zero-order chi connectivity index (χ0) is 13.1. The molecule has 4 heteroatoms. The van der Waals surface area contributed by atoms with Gasteiger partial charge in [-0.15, -0.1) is 0 Å². The Kier molecular flexibility index (Phi) is 4.34. The van der Waals surface area contributed by atoms with Gasteiger partial charge in [0.15, 0.2) is 17.4 Å². The molecule has 0 aliphatic rings. The van der Waals surface area contributed by atoms with E-state index in [0.717, 1.165) is 12.5 Å². The first kappa shape index (κ1) is 13.8. The van der Waals surface area contributed by atoms with Crippen LogP contribution in [0, 0.1) is 11.6 Å². The van der Waals surface area contributed by atoms with E-state index in [1.54, 1.807) is 6.92 Å². The summed E-state index contributed by atoms with van der Waals surface area (Å²) in [5.41, 5.74) is 4.92. The third-order valence-electron chi connectivity index (χ3n) is 2.79. The number of benzene rings is 1. The van der Waals surface area contributed by atoms with Crippen molar-refractivity contribution in [1.82, 2.24) is 0 Å². The van der Waals surface area contributed by atoms with E-state index in [4.69, 9.17) is 5.73 Å². The van der Waals surface area contributed by atoms with Gasteiger partial charge in [-0.2, -0.15) is 0 Å². The number of carbonyl (C=O) groups is 1. The molecule has 1 atom stereocenters. The third kappa shape index (κ3) is 3.33. The molecule has 1 aromatic rings. The van der Waals surface area contributed by atoms with E-state index in [0.29, 0.717) is 6.42 Å². The summed E-state index contributed by atoms with van der Waals surface area (Å²) in [6, 6.07) is 3.81. The number of rotatable bonds is 5. The topological polar surface area (TPSA) is 43.1 Å². The highest BCUT2D eigenvalue weighted by Crippen LogP contribution is 2.17. The van der Waals surface area contributed by atoms with E-state index < -0.39 is 17.2 Å². The molecule has 2 N–H and O–H groups in total. The van der Waals surface area contributed by atoms with Gasteiger partial charge >= 0.3 is 0 Å². The fourth-order valence-corrected chi connectivity index (χ4v) is 1.72. The van der Waals surface area contributed by atoms with Gasteiger partial charge in [0.25, 0.3) is 0 Å². The summed E-state index contributed by atoms with van der Waals surface area (Å²) in [5, 5.41) is 0. The summed E-state index contributed by atoms with van der Waals surface area (Å²) in [6.07, 6.45) is 1.13. The van der Waals surface area contributed by atoms with Gasteiger partial charge in [-0.25, -0.2) is 8.78 Å². The molecule has 1 aromatic carbocycles. The van der Waals surface area contributed by atoms with Gasteiger partial charge in [0, 0.05) is 6.42 Å². The number of ketones is 1. The molecule has 0 saturated heterocycles. The van der Waals surface area contributed by atoms with E-state index in [-0.39, 0.29) is 17.8 Å². The predicted molar refractivity (Wildman–Crippen MR) is 62.6 cm³/mol. The molecular formula is C13H17F2NO. The minimum atomic E-state index is -0.979. The van der Waals surface area contributed by atoms with Crippen LogP contribution in [0.25, 0.3) is 0 Å². The summed E-state index contributed by atoms with van der Waals surface area (Å²) in [4.78, 5) is 11.9. The molecule has 0 spiro atoms. The second-order valence-corrected chi connectivity index (χ2v) is 4.48. The second-order valence-electron chi connectivity index (χ2n) is 4.48. The molecule has 0 fully saturated rings. The Labute approximate surface area is 99.8 Å². The molecule has 0 saturated carbocycles. The lowest BCUT2D eigenvalue weighted by Gasteiger charge is -2.22. The molecule has 0 amide bonds. The average Bonchev–Trinajstić information content (AvgIpc) is 2.24. The largest absolute Gasteiger partial charge is 0.319 e.